The Morgan fingerprint density at radius 1 is 1.19 bits per heavy atom. The Hall–Kier alpha value is -1.14. The summed E-state index contributed by atoms with van der Waals surface area (Å²) in [6.07, 6.45) is 1.75. The Morgan fingerprint density at radius 2 is 1.76 bits per heavy atom. The van der Waals surface area contributed by atoms with Crippen LogP contribution in [0.4, 0.5) is 4.79 Å². The van der Waals surface area contributed by atoms with Crippen molar-refractivity contribution in [3.05, 3.63) is 0 Å². The zero-order chi connectivity index (χ0) is 15.2. The summed E-state index contributed by atoms with van der Waals surface area (Å²) in [6, 6.07) is -0.183. The highest BCUT2D eigenvalue weighted by atomic mass is 16.6. The van der Waals surface area contributed by atoms with Crippen LogP contribution in [0.25, 0.3) is 0 Å². The fraction of sp³-hybridized carbons (Fsp3) is 0.867. The van der Waals surface area contributed by atoms with Gasteiger partial charge in [-0.15, -0.1) is 0 Å². The molecule has 0 aliphatic carbocycles. The van der Waals surface area contributed by atoms with E-state index in [0.29, 0.717) is 38.6 Å². The molecule has 0 aromatic carbocycles. The van der Waals surface area contributed by atoms with Gasteiger partial charge in [0.15, 0.2) is 0 Å². The summed E-state index contributed by atoms with van der Waals surface area (Å²) in [4.78, 5) is 28.5. The third-order valence-corrected chi connectivity index (χ3v) is 4.55. The quantitative estimate of drug-likeness (QED) is 0.524. The number of epoxide rings is 2. The number of imide groups is 1. The summed E-state index contributed by atoms with van der Waals surface area (Å²) in [7, 11) is 0. The second kappa shape index (κ2) is 5.25. The second-order valence-corrected chi connectivity index (χ2v) is 6.93. The van der Waals surface area contributed by atoms with Gasteiger partial charge in [-0.1, -0.05) is 13.8 Å². The number of rotatable bonds is 7. The molecule has 3 saturated heterocycles. The molecule has 3 atom stereocenters. The van der Waals surface area contributed by atoms with Crippen LogP contribution in [0.3, 0.4) is 0 Å². The number of amides is 3. The highest BCUT2D eigenvalue weighted by Gasteiger charge is 2.55. The molecule has 0 spiro atoms. The normalized spacial score (nSPS) is 35.0. The molecule has 21 heavy (non-hydrogen) atoms. The number of carbonyl (C=O) groups excluding carboxylic acids is 2. The molecule has 3 unspecified atom stereocenters. The lowest BCUT2D eigenvalue weighted by Crippen LogP contribution is -2.48. The van der Waals surface area contributed by atoms with Crippen LogP contribution in [0.2, 0.25) is 0 Å². The Morgan fingerprint density at radius 3 is 2.29 bits per heavy atom. The van der Waals surface area contributed by atoms with Crippen molar-refractivity contribution in [1.29, 1.82) is 0 Å². The van der Waals surface area contributed by atoms with Gasteiger partial charge in [0.05, 0.1) is 38.5 Å². The third-order valence-electron chi connectivity index (χ3n) is 4.55. The number of ether oxygens (including phenoxy) is 2. The van der Waals surface area contributed by atoms with Crippen LogP contribution in [0.1, 0.15) is 33.6 Å². The van der Waals surface area contributed by atoms with Crippen molar-refractivity contribution >= 4 is 11.9 Å². The van der Waals surface area contributed by atoms with E-state index in [4.69, 9.17) is 9.47 Å². The van der Waals surface area contributed by atoms with Crippen molar-refractivity contribution < 1.29 is 19.1 Å². The smallest absolute Gasteiger partial charge is 0.327 e. The maximum absolute atomic E-state index is 12.8. The standard InChI is InChI=1S/C15H24N2O4/c1-10(2)4-5-15(3)13(18)16(6-11-8-20-11)14(19)17(15)7-12-9-21-12/h10-12H,4-9H2,1-3H3. The van der Waals surface area contributed by atoms with Gasteiger partial charge in [0.1, 0.15) is 5.54 Å². The summed E-state index contributed by atoms with van der Waals surface area (Å²) in [5.74, 6) is 0.425. The predicted octanol–water partition coefficient (Wildman–Crippen LogP) is 1.24. The minimum absolute atomic E-state index is 0.0318. The van der Waals surface area contributed by atoms with Crippen molar-refractivity contribution in [2.75, 3.05) is 26.3 Å². The molecule has 0 N–H and O–H groups in total. The first-order chi connectivity index (χ1) is 9.91. The molecule has 3 aliphatic rings. The number of hydrogen-bond donors (Lipinski definition) is 0. The van der Waals surface area contributed by atoms with E-state index in [0.717, 1.165) is 6.42 Å². The predicted molar refractivity (Wildman–Crippen MR) is 75.8 cm³/mol. The molecule has 0 aromatic rings. The average Bonchev–Trinajstić information content (AvgIpc) is 3.32. The third kappa shape index (κ3) is 2.92. The van der Waals surface area contributed by atoms with Gasteiger partial charge in [-0.3, -0.25) is 9.69 Å². The molecule has 0 saturated carbocycles. The topological polar surface area (TPSA) is 65.7 Å². The molecule has 0 radical (unpaired) electrons. The fourth-order valence-electron chi connectivity index (χ4n) is 2.86. The minimum Gasteiger partial charge on any atom is -0.371 e. The van der Waals surface area contributed by atoms with E-state index in [1.54, 1.807) is 4.90 Å². The first-order valence-electron chi connectivity index (χ1n) is 7.78. The van der Waals surface area contributed by atoms with Gasteiger partial charge in [0, 0.05) is 0 Å². The van der Waals surface area contributed by atoms with E-state index < -0.39 is 5.54 Å². The molecule has 0 bridgehead atoms. The maximum Gasteiger partial charge on any atom is 0.327 e. The molecule has 3 amide bonds. The molecule has 6 nitrogen and oxygen atoms in total. The lowest BCUT2D eigenvalue weighted by Gasteiger charge is -2.32. The van der Waals surface area contributed by atoms with Gasteiger partial charge in [0.2, 0.25) is 0 Å². The van der Waals surface area contributed by atoms with Crippen molar-refractivity contribution in [2.24, 2.45) is 5.92 Å². The fourth-order valence-corrected chi connectivity index (χ4v) is 2.86. The molecule has 3 heterocycles. The van der Waals surface area contributed by atoms with E-state index in [-0.39, 0.29) is 24.1 Å². The molecule has 3 rings (SSSR count). The van der Waals surface area contributed by atoms with Crippen LogP contribution in [0, 0.1) is 5.92 Å². The van der Waals surface area contributed by atoms with Gasteiger partial charge in [0.25, 0.3) is 5.91 Å². The number of carbonyl (C=O) groups is 2. The molecule has 6 heteroatoms. The van der Waals surface area contributed by atoms with E-state index >= 15 is 0 Å². The molecular weight excluding hydrogens is 272 g/mol. The van der Waals surface area contributed by atoms with E-state index in [9.17, 15) is 9.59 Å². The van der Waals surface area contributed by atoms with Crippen LogP contribution < -0.4 is 0 Å². The number of nitrogens with zero attached hydrogens (tertiary/aromatic N) is 2. The Balaban J connectivity index is 1.77. The van der Waals surface area contributed by atoms with Gasteiger partial charge in [-0.05, 0) is 25.7 Å². The SMILES string of the molecule is CC(C)CCC1(C)C(=O)N(CC2CO2)C(=O)N1CC1CO1. The van der Waals surface area contributed by atoms with Crippen molar-refractivity contribution in [1.82, 2.24) is 9.80 Å². The molecular formula is C15H24N2O4. The van der Waals surface area contributed by atoms with E-state index in [1.165, 1.54) is 4.90 Å². The summed E-state index contributed by atoms with van der Waals surface area (Å²) in [5.41, 5.74) is -0.734. The monoisotopic (exact) mass is 296 g/mol. The Labute approximate surface area is 125 Å². The molecule has 118 valence electrons. The Kier molecular flexibility index (Phi) is 3.69. The minimum atomic E-state index is -0.734. The van der Waals surface area contributed by atoms with E-state index in [1.807, 2.05) is 6.92 Å². The highest BCUT2D eigenvalue weighted by Crippen LogP contribution is 2.35. The first kappa shape index (κ1) is 14.8. The molecule has 3 aliphatic heterocycles. The molecule has 0 aromatic heterocycles. The zero-order valence-corrected chi connectivity index (χ0v) is 13.0. The summed E-state index contributed by atoms with van der Waals surface area (Å²) in [6.45, 7) is 8.39. The Bertz CT molecular complexity index is 445. The zero-order valence-electron chi connectivity index (χ0n) is 13.0. The van der Waals surface area contributed by atoms with Crippen LogP contribution in [0.5, 0.6) is 0 Å². The van der Waals surface area contributed by atoms with Gasteiger partial charge < -0.3 is 14.4 Å². The van der Waals surface area contributed by atoms with Crippen molar-refractivity contribution in [2.45, 2.75) is 51.4 Å². The lowest BCUT2D eigenvalue weighted by atomic mass is 9.90. The highest BCUT2D eigenvalue weighted by molar-refractivity contribution is 6.06. The summed E-state index contributed by atoms with van der Waals surface area (Å²) in [5, 5.41) is 0. The van der Waals surface area contributed by atoms with Gasteiger partial charge >= 0.3 is 6.03 Å². The van der Waals surface area contributed by atoms with Crippen LogP contribution >= 0.6 is 0 Å². The lowest BCUT2D eigenvalue weighted by molar-refractivity contribution is -0.133. The molecule has 3 fully saturated rings. The maximum atomic E-state index is 12.8. The van der Waals surface area contributed by atoms with Gasteiger partial charge in [-0.2, -0.15) is 0 Å². The number of urea groups is 1. The van der Waals surface area contributed by atoms with Gasteiger partial charge in [-0.25, -0.2) is 4.79 Å². The van der Waals surface area contributed by atoms with Crippen LogP contribution in [-0.2, 0) is 14.3 Å². The average molecular weight is 296 g/mol. The first-order valence-corrected chi connectivity index (χ1v) is 7.78. The van der Waals surface area contributed by atoms with Crippen molar-refractivity contribution in [3.8, 4) is 0 Å². The van der Waals surface area contributed by atoms with Crippen LogP contribution in [-0.4, -0.2) is 65.8 Å². The number of hydrogen-bond acceptors (Lipinski definition) is 4. The largest absolute Gasteiger partial charge is 0.371 e. The summed E-state index contributed by atoms with van der Waals surface area (Å²) < 4.78 is 10.4. The van der Waals surface area contributed by atoms with Crippen molar-refractivity contribution in [3.63, 3.8) is 0 Å². The van der Waals surface area contributed by atoms with E-state index in [2.05, 4.69) is 13.8 Å². The second-order valence-electron chi connectivity index (χ2n) is 6.93. The summed E-state index contributed by atoms with van der Waals surface area (Å²) >= 11 is 0. The van der Waals surface area contributed by atoms with Crippen LogP contribution in [0.15, 0.2) is 0 Å².